The molecule has 1 aromatic carbocycles. The molecule has 2 nitrogen and oxygen atoms in total. The lowest BCUT2D eigenvalue weighted by Crippen LogP contribution is -2.34. The average Bonchev–Trinajstić information content (AvgIpc) is 2.77. The van der Waals surface area contributed by atoms with Crippen molar-refractivity contribution >= 4 is 0 Å². The molecule has 1 aliphatic carbocycles. The summed E-state index contributed by atoms with van der Waals surface area (Å²) in [5.41, 5.74) is 0.604. The second kappa shape index (κ2) is 11.2. The highest BCUT2D eigenvalue weighted by Crippen LogP contribution is 2.43. The summed E-state index contributed by atoms with van der Waals surface area (Å²) in [7, 11) is 0. The van der Waals surface area contributed by atoms with Gasteiger partial charge in [0.25, 0.3) is 5.92 Å². The van der Waals surface area contributed by atoms with Crippen LogP contribution in [0, 0.1) is 17.6 Å². The van der Waals surface area contributed by atoms with Crippen molar-refractivity contribution in [1.29, 1.82) is 0 Å². The van der Waals surface area contributed by atoms with Gasteiger partial charge in [0, 0.05) is 42.6 Å². The Morgan fingerprint density at radius 2 is 1.53 bits per heavy atom. The van der Waals surface area contributed by atoms with Crippen LogP contribution in [0.25, 0.3) is 0 Å². The van der Waals surface area contributed by atoms with E-state index in [2.05, 4.69) is 16.9 Å². The first kappa shape index (κ1) is 24.6. The molecule has 0 aliphatic heterocycles. The van der Waals surface area contributed by atoms with Crippen molar-refractivity contribution in [3.05, 3.63) is 58.7 Å². The van der Waals surface area contributed by atoms with Crippen molar-refractivity contribution in [2.45, 2.75) is 83.0 Å². The molecule has 0 N–H and O–H groups in total. The Labute approximate surface area is 186 Å². The zero-order chi connectivity index (χ0) is 23.1. The number of benzene rings is 1. The van der Waals surface area contributed by atoms with E-state index in [9.17, 15) is 22.0 Å². The Morgan fingerprint density at radius 3 is 2.09 bits per heavy atom. The maximum Gasteiger partial charge on any atom is 0.254 e. The van der Waals surface area contributed by atoms with Crippen LogP contribution in [0.2, 0.25) is 0 Å². The fourth-order valence-electron chi connectivity index (χ4n) is 4.57. The topological polar surface area (TPSA) is 25.8 Å². The highest BCUT2D eigenvalue weighted by molar-refractivity contribution is 5.27. The van der Waals surface area contributed by atoms with Crippen LogP contribution in [0.5, 0.6) is 0 Å². The smallest absolute Gasteiger partial charge is 0.251 e. The third-order valence-electron chi connectivity index (χ3n) is 6.47. The van der Waals surface area contributed by atoms with Gasteiger partial charge in [-0.05, 0) is 61.8 Å². The number of aromatic nitrogens is 2. The normalized spacial score (nSPS) is 19.3. The quantitative estimate of drug-likeness (QED) is 0.281. The summed E-state index contributed by atoms with van der Waals surface area (Å²) in [6.07, 6.45) is 8.67. The van der Waals surface area contributed by atoms with E-state index < -0.39 is 48.6 Å². The van der Waals surface area contributed by atoms with Gasteiger partial charge in [-0.15, -0.1) is 0 Å². The third-order valence-corrected chi connectivity index (χ3v) is 6.47. The summed E-state index contributed by atoms with van der Waals surface area (Å²) < 4.78 is 70.2. The van der Waals surface area contributed by atoms with E-state index in [4.69, 9.17) is 0 Å². The van der Waals surface area contributed by atoms with E-state index in [1.165, 1.54) is 6.42 Å². The van der Waals surface area contributed by atoms with E-state index in [0.717, 1.165) is 37.0 Å². The van der Waals surface area contributed by atoms with Gasteiger partial charge in [0.1, 0.15) is 17.5 Å². The van der Waals surface area contributed by atoms with E-state index in [0.29, 0.717) is 31.5 Å². The van der Waals surface area contributed by atoms with Crippen LogP contribution in [0.1, 0.15) is 80.3 Å². The molecule has 3 rings (SSSR count). The summed E-state index contributed by atoms with van der Waals surface area (Å²) in [6, 6.07) is 1.81. The summed E-state index contributed by atoms with van der Waals surface area (Å²) in [6.45, 7) is 1.25. The van der Waals surface area contributed by atoms with Crippen LogP contribution in [-0.2, 0) is 19.3 Å². The van der Waals surface area contributed by atoms with Gasteiger partial charge >= 0.3 is 0 Å². The number of rotatable bonds is 10. The molecule has 1 aliphatic rings. The van der Waals surface area contributed by atoms with Crippen LogP contribution in [0.4, 0.5) is 22.0 Å². The van der Waals surface area contributed by atoms with Gasteiger partial charge in [0.2, 0.25) is 0 Å². The first-order valence-corrected chi connectivity index (χ1v) is 11.6. The second-order valence-electron chi connectivity index (χ2n) is 8.87. The fraction of sp³-hybridized carbons (Fsp3) is 0.600. The van der Waals surface area contributed by atoms with Crippen LogP contribution in [0.15, 0.2) is 24.5 Å². The van der Waals surface area contributed by atoms with Gasteiger partial charge in [-0.1, -0.05) is 19.8 Å². The molecule has 1 heterocycles. The predicted octanol–water partition coefficient (Wildman–Crippen LogP) is 7.15. The van der Waals surface area contributed by atoms with Gasteiger partial charge in [-0.25, -0.2) is 27.5 Å². The zero-order valence-corrected chi connectivity index (χ0v) is 18.5. The Balaban J connectivity index is 1.57. The van der Waals surface area contributed by atoms with Gasteiger partial charge in [-0.3, -0.25) is 4.39 Å². The van der Waals surface area contributed by atoms with Crippen LogP contribution >= 0.6 is 0 Å². The van der Waals surface area contributed by atoms with Gasteiger partial charge in [0.05, 0.1) is 6.67 Å². The highest BCUT2D eigenvalue weighted by Gasteiger charge is 2.42. The van der Waals surface area contributed by atoms with Crippen LogP contribution in [0.3, 0.4) is 0 Å². The van der Waals surface area contributed by atoms with Gasteiger partial charge in [-0.2, -0.15) is 0 Å². The lowest BCUT2D eigenvalue weighted by Gasteiger charge is -2.33. The standard InChI is InChI=1S/C25H31F5N2/c1-2-3-4-5-17-15-31-24(32-16-17)19-6-8-20(9-7-19)25(29,30)14-18-12-22(27)21(10-11-26)23(28)13-18/h12-13,15-16,19-20H,2-11,14H2,1H3. The summed E-state index contributed by atoms with van der Waals surface area (Å²) in [5, 5.41) is 0. The zero-order valence-electron chi connectivity index (χ0n) is 18.5. The molecule has 176 valence electrons. The Morgan fingerprint density at radius 1 is 0.906 bits per heavy atom. The molecule has 0 radical (unpaired) electrons. The van der Waals surface area contributed by atoms with Crippen molar-refractivity contribution in [2.24, 2.45) is 5.92 Å². The molecule has 1 fully saturated rings. The third kappa shape index (κ3) is 6.26. The number of hydrogen-bond acceptors (Lipinski definition) is 2. The molecule has 0 bridgehead atoms. The molecule has 1 aromatic heterocycles. The predicted molar refractivity (Wildman–Crippen MR) is 115 cm³/mol. The van der Waals surface area contributed by atoms with E-state index >= 15 is 0 Å². The summed E-state index contributed by atoms with van der Waals surface area (Å²) in [5.74, 6) is -5.10. The number of aryl methyl sites for hydroxylation is 1. The molecule has 0 atom stereocenters. The monoisotopic (exact) mass is 454 g/mol. The Kier molecular flexibility index (Phi) is 8.60. The van der Waals surface area contributed by atoms with Crippen LogP contribution in [-0.4, -0.2) is 22.6 Å². The number of alkyl halides is 3. The molecular weight excluding hydrogens is 423 g/mol. The Bertz CT molecular complexity index is 838. The van der Waals surface area contributed by atoms with Gasteiger partial charge in [0.15, 0.2) is 0 Å². The summed E-state index contributed by atoms with van der Waals surface area (Å²) >= 11 is 0. The highest BCUT2D eigenvalue weighted by atomic mass is 19.3. The Hall–Kier alpha value is -2.05. The molecule has 0 spiro atoms. The molecule has 7 heteroatoms. The average molecular weight is 455 g/mol. The molecule has 2 aromatic rings. The minimum Gasteiger partial charge on any atom is -0.251 e. The number of halogens is 5. The first-order valence-electron chi connectivity index (χ1n) is 11.6. The van der Waals surface area contributed by atoms with Crippen molar-refractivity contribution in [2.75, 3.05) is 6.67 Å². The van der Waals surface area contributed by atoms with Crippen molar-refractivity contribution < 1.29 is 22.0 Å². The number of nitrogens with zero attached hydrogens (tertiary/aromatic N) is 2. The maximum atomic E-state index is 14.9. The number of unbranched alkanes of at least 4 members (excludes halogenated alkanes) is 2. The van der Waals surface area contributed by atoms with Crippen molar-refractivity contribution in [3.8, 4) is 0 Å². The minimum atomic E-state index is -3.07. The van der Waals surface area contributed by atoms with Crippen LogP contribution < -0.4 is 0 Å². The second-order valence-corrected chi connectivity index (χ2v) is 8.87. The minimum absolute atomic E-state index is 0.0571. The lowest BCUT2D eigenvalue weighted by molar-refractivity contribution is -0.0717. The van der Waals surface area contributed by atoms with E-state index in [1.807, 2.05) is 12.4 Å². The fourth-order valence-corrected chi connectivity index (χ4v) is 4.57. The van der Waals surface area contributed by atoms with E-state index in [1.54, 1.807) is 0 Å². The number of hydrogen-bond donors (Lipinski definition) is 0. The van der Waals surface area contributed by atoms with E-state index in [-0.39, 0.29) is 11.5 Å². The van der Waals surface area contributed by atoms with Gasteiger partial charge < -0.3 is 0 Å². The molecule has 0 amide bonds. The first-order chi connectivity index (χ1) is 15.3. The lowest BCUT2D eigenvalue weighted by atomic mass is 9.77. The molecule has 1 saturated carbocycles. The SMILES string of the molecule is CCCCCc1cnc(C2CCC(C(F)(F)Cc3cc(F)c(CCF)c(F)c3)CC2)nc1. The molecule has 0 saturated heterocycles. The molecular formula is C25H31F5N2. The maximum absolute atomic E-state index is 14.9. The van der Waals surface area contributed by atoms with Crippen molar-refractivity contribution in [1.82, 2.24) is 9.97 Å². The molecule has 32 heavy (non-hydrogen) atoms. The van der Waals surface area contributed by atoms with Crippen molar-refractivity contribution in [3.63, 3.8) is 0 Å². The molecule has 0 unspecified atom stereocenters. The largest absolute Gasteiger partial charge is 0.254 e. The summed E-state index contributed by atoms with van der Waals surface area (Å²) in [4.78, 5) is 8.94.